The Morgan fingerprint density at radius 2 is 1.46 bits per heavy atom. The van der Waals surface area contributed by atoms with Gasteiger partial charge in [-0.3, -0.25) is 14.5 Å². The highest BCUT2D eigenvalue weighted by Gasteiger charge is 2.32. The van der Waals surface area contributed by atoms with Gasteiger partial charge in [-0.25, -0.2) is 29.0 Å². The molecule has 1 saturated heterocycles. The Labute approximate surface area is 520 Å². The lowest BCUT2D eigenvalue weighted by atomic mass is 10.0. The molecule has 0 unspecified atom stereocenters. The molecule has 0 saturated carbocycles. The molecule has 22 nitrogen and oxygen atoms in total. The van der Waals surface area contributed by atoms with Gasteiger partial charge in [0.15, 0.2) is 22.1 Å². The van der Waals surface area contributed by atoms with Gasteiger partial charge >= 0.3 is 24.5 Å². The minimum atomic E-state index is -4.57. The number of carbonyl (C=O) groups excluding carboxylic acids is 5. The maximum Gasteiger partial charge on any atom is 0.415 e. The molecule has 0 radical (unpaired) electrons. The fourth-order valence-electron chi connectivity index (χ4n) is 8.90. The van der Waals surface area contributed by atoms with Gasteiger partial charge in [-0.1, -0.05) is 53.9 Å². The summed E-state index contributed by atoms with van der Waals surface area (Å²) in [5.41, 5.74) is 2.03. The molecule has 3 aromatic carbocycles. The maximum absolute atomic E-state index is 14.1. The molecular formula is C63H78F3N13O9S. The molecule has 0 atom stereocenters. The minimum absolute atomic E-state index is 0.0563. The number of anilines is 3. The molecule has 6 aromatic rings. The highest BCUT2D eigenvalue weighted by Crippen LogP contribution is 2.32. The summed E-state index contributed by atoms with van der Waals surface area (Å²) in [4.78, 5) is 76.4. The van der Waals surface area contributed by atoms with E-state index < -0.39 is 59.6 Å². The first-order valence-electron chi connectivity index (χ1n) is 29.3. The number of fused-ring (bicyclic) bond motifs is 2. The third kappa shape index (κ3) is 21.5. The van der Waals surface area contributed by atoms with E-state index in [-0.39, 0.29) is 50.1 Å². The van der Waals surface area contributed by atoms with Crippen molar-refractivity contribution in [2.75, 3.05) is 80.3 Å². The van der Waals surface area contributed by atoms with Crippen molar-refractivity contribution in [2.24, 2.45) is 0 Å². The number of alkyl halides is 3. The number of piperidine rings is 1. The second-order valence-corrected chi connectivity index (χ2v) is 24.9. The molecule has 1 aliphatic rings. The molecule has 89 heavy (non-hydrogen) atoms. The molecule has 5 amide bonds. The third-order valence-electron chi connectivity index (χ3n) is 12.8. The number of rotatable bonds is 21. The van der Waals surface area contributed by atoms with Crippen LogP contribution in [0.3, 0.4) is 0 Å². The van der Waals surface area contributed by atoms with Gasteiger partial charge < -0.3 is 55.0 Å². The number of ether oxygens (including phenoxy) is 4. The van der Waals surface area contributed by atoms with Gasteiger partial charge in [-0.2, -0.15) is 13.2 Å². The highest BCUT2D eigenvalue weighted by molar-refractivity contribution is 7.99. The first-order chi connectivity index (χ1) is 42.1. The van der Waals surface area contributed by atoms with Gasteiger partial charge in [-0.05, 0) is 148 Å². The summed E-state index contributed by atoms with van der Waals surface area (Å²) in [6.07, 6.45) is -4.10. The van der Waals surface area contributed by atoms with Crippen LogP contribution in [0.2, 0.25) is 0 Å². The molecule has 4 heterocycles. The van der Waals surface area contributed by atoms with Crippen molar-refractivity contribution in [1.82, 2.24) is 50.4 Å². The predicted molar refractivity (Wildman–Crippen MR) is 335 cm³/mol. The van der Waals surface area contributed by atoms with Crippen molar-refractivity contribution < 1.29 is 56.1 Å². The number of thioether (sulfide) groups is 1. The third-order valence-corrected chi connectivity index (χ3v) is 13.9. The molecular weight excluding hydrogens is 1170 g/mol. The summed E-state index contributed by atoms with van der Waals surface area (Å²) in [6, 6.07) is 20.1. The largest absolute Gasteiger partial charge is 0.444 e. The molecule has 0 aliphatic carbocycles. The summed E-state index contributed by atoms with van der Waals surface area (Å²) in [5, 5.41) is 24.7. The monoisotopic (exact) mass is 1250 g/mol. The molecule has 5 N–H and O–H groups in total. The molecule has 1 fully saturated rings. The van der Waals surface area contributed by atoms with Crippen molar-refractivity contribution in [2.45, 2.75) is 136 Å². The number of hydrogen-bond donors (Lipinski definition) is 5. The van der Waals surface area contributed by atoms with Crippen LogP contribution in [0.25, 0.3) is 22.1 Å². The number of alkyl carbamates (subject to hydrolysis) is 1. The van der Waals surface area contributed by atoms with Crippen molar-refractivity contribution in [1.29, 1.82) is 0 Å². The molecule has 0 bridgehead atoms. The van der Waals surface area contributed by atoms with E-state index in [9.17, 15) is 37.1 Å². The number of amides is 5. The molecule has 0 spiro atoms. The van der Waals surface area contributed by atoms with E-state index in [2.05, 4.69) is 72.5 Å². The van der Waals surface area contributed by atoms with E-state index in [1.807, 2.05) is 12.1 Å². The van der Waals surface area contributed by atoms with Crippen molar-refractivity contribution in [3.05, 3.63) is 95.2 Å². The van der Waals surface area contributed by atoms with Gasteiger partial charge in [0.05, 0.1) is 37.5 Å². The predicted octanol–water partition coefficient (Wildman–Crippen LogP) is 9.74. The lowest BCUT2D eigenvalue weighted by Gasteiger charge is -2.34. The Hall–Kier alpha value is -8.75. The van der Waals surface area contributed by atoms with Crippen LogP contribution in [-0.2, 0) is 36.8 Å². The number of likely N-dealkylation sites (tertiary alicyclic amines) is 1. The standard InChI is InChI=1S/C63H78F3N13O9S/c1-11-38-89-56-72-53(68-29-30-70-57(82)86-60(2,3)4)52-54(73-56)79(75-74-52)40-43-19-17-42(18-20-43)21-26-51(80)67-31-36-85-37-32-69-55(81)44-22-24-46(25-23-44)77(59(84)88-62(8,9)10)33-13-14-47-39-48-49(15-12-16-50(48)78(47)41-63(64,65)66)71-45-27-34-76(35-28-45)58(83)87-61(5,6)7/h12,15-20,22-25,39,45,71H,11,27-38,40-41H2,1-10H3,(H,67,80)(H,69,81)(H,70,82)(H,68,72,73). The SMILES string of the molecule is CCCSc1nc(NCCNC(=O)OC(C)(C)C)c2nnn(Cc3ccc(C#CC(=O)NCCOCCNC(=O)c4ccc(N(CC#Cc5cc6c(NC7CCN(C(=O)OC(C)(C)C)CC7)cccc6n5CC(F)(F)F)C(=O)OC(C)(C)C)cc4)cc3)c2n1. The Morgan fingerprint density at radius 3 is 2.12 bits per heavy atom. The number of nitrogens with zero attached hydrogens (tertiary/aromatic N) is 8. The second kappa shape index (κ2) is 30.4. The first kappa shape index (κ1) is 67.8. The van der Waals surface area contributed by atoms with Gasteiger partial charge in [0.25, 0.3) is 11.8 Å². The Bertz CT molecular complexity index is 3560. The number of hydrogen-bond acceptors (Lipinski definition) is 16. The number of halogens is 3. The van der Waals surface area contributed by atoms with E-state index in [0.29, 0.717) is 95.5 Å². The molecule has 7 rings (SSSR count). The zero-order valence-corrected chi connectivity index (χ0v) is 52.7. The summed E-state index contributed by atoms with van der Waals surface area (Å²) >= 11 is 1.52. The average molecular weight is 1250 g/mol. The quantitative estimate of drug-likeness (QED) is 0.0148. The van der Waals surface area contributed by atoms with E-state index in [1.54, 1.807) is 120 Å². The van der Waals surface area contributed by atoms with Gasteiger partial charge in [0, 0.05) is 84.9 Å². The first-order valence-corrected chi connectivity index (χ1v) is 30.3. The Morgan fingerprint density at radius 1 is 0.775 bits per heavy atom. The van der Waals surface area contributed by atoms with Crippen LogP contribution in [0.1, 0.15) is 116 Å². The van der Waals surface area contributed by atoms with E-state index in [4.69, 9.17) is 23.9 Å². The van der Waals surface area contributed by atoms with Crippen LogP contribution >= 0.6 is 11.8 Å². The smallest absolute Gasteiger partial charge is 0.415 e. The van der Waals surface area contributed by atoms with Crippen LogP contribution < -0.4 is 31.5 Å². The minimum Gasteiger partial charge on any atom is -0.444 e. The summed E-state index contributed by atoms with van der Waals surface area (Å²) in [6.45, 7) is 18.9. The zero-order valence-electron chi connectivity index (χ0n) is 51.9. The second-order valence-electron chi connectivity index (χ2n) is 23.8. The van der Waals surface area contributed by atoms with E-state index in [1.165, 1.54) is 28.8 Å². The fraction of sp³-hybridized carbons (Fsp3) is 0.476. The van der Waals surface area contributed by atoms with Crippen LogP contribution in [0, 0.1) is 23.7 Å². The van der Waals surface area contributed by atoms with Crippen LogP contribution in [0.15, 0.2) is 78.0 Å². The zero-order chi connectivity index (χ0) is 64.5. The summed E-state index contributed by atoms with van der Waals surface area (Å²) < 4.78 is 67.3. The van der Waals surface area contributed by atoms with E-state index >= 15 is 0 Å². The number of nitrogens with one attached hydrogen (secondary N) is 5. The highest BCUT2D eigenvalue weighted by atomic mass is 32.2. The average Bonchev–Trinajstić information content (AvgIpc) is 1.73. The van der Waals surface area contributed by atoms with Crippen molar-refractivity contribution >= 4 is 81.1 Å². The summed E-state index contributed by atoms with van der Waals surface area (Å²) in [5.74, 6) is 11.6. The van der Waals surface area contributed by atoms with Gasteiger partial charge in [0.2, 0.25) is 0 Å². The van der Waals surface area contributed by atoms with Crippen LogP contribution in [0.4, 0.5) is 44.7 Å². The number of carbonyl (C=O) groups is 5. The van der Waals surface area contributed by atoms with Gasteiger partial charge in [0.1, 0.15) is 23.3 Å². The maximum atomic E-state index is 14.1. The lowest BCUT2D eigenvalue weighted by Crippen LogP contribution is -2.44. The van der Waals surface area contributed by atoms with Crippen LogP contribution in [0.5, 0.6) is 0 Å². The molecule has 3 aromatic heterocycles. The van der Waals surface area contributed by atoms with E-state index in [0.717, 1.165) is 22.3 Å². The Kier molecular flexibility index (Phi) is 23.2. The van der Waals surface area contributed by atoms with Crippen LogP contribution in [-0.4, -0.2) is 158 Å². The molecule has 476 valence electrons. The Balaban J connectivity index is 0.874. The van der Waals surface area contributed by atoms with Crippen molar-refractivity contribution in [3.63, 3.8) is 0 Å². The molecule has 1 aliphatic heterocycles. The normalized spacial score (nSPS) is 12.9. The lowest BCUT2D eigenvalue weighted by molar-refractivity contribution is -0.140. The van der Waals surface area contributed by atoms with Crippen molar-refractivity contribution in [3.8, 4) is 23.7 Å². The topological polar surface area (TPSA) is 250 Å². The van der Waals surface area contributed by atoms with Gasteiger partial charge in [-0.15, -0.1) is 5.10 Å². The number of benzene rings is 3. The fourth-order valence-corrected chi connectivity index (χ4v) is 9.59. The summed E-state index contributed by atoms with van der Waals surface area (Å²) in [7, 11) is 0. The number of aromatic nitrogens is 6. The molecule has 26 heteroatoms.